The van der Waals surface area contributed by atoms with Crippen molar-refractivity contribution < 1.29 is 15.1 Å². The molecule has 144 valence electrons. The van der Waals surface area contributed by atoms with Crippen LogP contribution in [0.1, 0.15) is 62.9 Å². The molecular formula is C23H29NO3. The predicted molar refractivity (Wildman–Crippen MR) is 110 cm³/mol. The number of rotatable bonds is 4. The van der Waals surface area contributed by atoms with Crippen molar-refractivity contribution in [1.29, 1.82) is 0 Å². The maximum absolute atomic E-state index is 10.9. The fourth-order valence-corrected chi connectivity index (χ4v) is 3.69. The third kappa shape index (κ3) is 6.24. The number of hydrogen-bond donors (Lipinski definition) is 2. The maximum atomic E-state index is 10.9. The first kappa shape index (κ1) is 20.7. The van der Waals surface area contributed by atoms with Crippen LogP contribution in [0.2, 0.25) is 0 Å². The average molecular weight is 367 g/mol. The molecular weight excluding hydrogens is 338 g/mol. The van der Waals surface area contributed by atoms with E-state index in [0.717, 1.165) is 30.4 Å². The van der Waals surface area contributed by atoms with Crippen molar-refractivity contribution in [3.05, 3.63) is 65.3 Å². The predicted octanol–water partition coefficient (Wildman–Crippen LogP) is 5.95. The molecule has 0 aliphatic heterocycles. The number of nitrogens with zero attached hydrogens (tertiary/aromatic N) is 1. The Morgan fingerprint density at radius 3 is 2.30 bits per heavy atom. The normalized spacial score (nSPS) is 23.0. The molecule has 1 aromatic rings. The number of carbonyl (C=O) groups is 1. The van der Waals surface area contributed by atoms with Crippen LogP contribution in [0.5, 0.6) is 0 Å². The Hall–Kier alpha value is -2.62. The first-order valence-corrected chi connectivity index (χ1v) is 9.22. The van der Waals surface area contributed by atoms with Crippen LogP contribution in [-0.4, -0.2) is 22.0 Å². The van der Waals surface area contributed by atoms with Gasteiger partial charge in [0.2, 0.25) is 0 Å². The van der Waals surface area contributed by atoms with E-state index in [1.54, 1.807) is 30.3 Å². The highest BCUT2D eigenvalue weighted by atomic mass is 16.4. The van der Waals surface area contributed by atoms with Crippen molar-refractivity contribution in [3.63, 3.8) is 0 Å². The molecule has 0 fully saturated rings. The van der Waals surface area contributed by atoms with Crippen LogP contribution in [0.4, 0.5) is 0 Å². The van der Waals surface area contributed by atoms with E-state index in [0.29, 0.717) is 5.71 Å². The minimum Gasteiger partial charge on any atom is -0.478 e. The lowest BCUT2D eigenvalue weighted by atomic mass is 9.72. The molecule has 0 saturated carbocycles. The molecule has 27 heavy (non-hydrogen) atoms. The molecule has 1 aliphatic rings. The topological polar surface area (TPSA) is 69.9 Å². The van der Waals surface area contributed by atoms with Gasteiger partial charge in [-0.25, -0.2) is 4.79 Å². The molecule has 1 aliphatic carbocycles. The second kappa shape index (κ2) is 8.38. The third-order valence-corrected chi connectivity index (χ3v) is 4.79. The molecule has 0 radical (unpaired) electrons. The Morgan fingerprint density at radius 1 is 1.07 bits per heavy atom. The Balaban J connectivity index is 2.24. The Morgan fingerprint density at radius 2 is 1.70 bits per heavy atom. The Bertz CT molecular complexity index is 793. The number of allylic oxidation sites excluding steroid dienone is 5. The van der Waals surface area contributed by atoms with Crippen LogP contribution in [-0.2, 0) is 0 Å². The number of oxime groups is 1. The van der Waals surface area contributed by atoms with Gasteiger partial charge in [-0.2, -0.15) is 0 Å². The fraction of sp³-hybridized carbons (Fsp3) is 0.391. The lowest BCUT2D eigenvalue weighted by molar-refractivity contribution is 0.0697. The smallest absolute Gasteiger partial charge is 0.335 e. The largest absolute Gasteiger partial charge is 0.478 e. The van der Waals surface area contributed by atoms with E-state index in [4.69, 9.17) is 5.11 Å². The summed E-state index contributed by atoms with van der Waals surface area (Å²) in [7, 11) is 0. The summed E-state index contributed by atoms with van der Waals surface area (Å²) in [4.78, 5) is 10.9. The molecule has 4 heteroatoms. The lowest BCUT2D eigenvalue weighted by Crippen LogP contribution is -2.22. The molecule has 0 bridgehead atoms. The van der Waals surface area contributed by atoms with Gasteiger partial charge in [-0.05, 0) is 59.4 Å². The first-order chi connectivity index (χ1) is 12.6. The van der Waals surface area contributed by atoms with E-state index >= 15 is 0 Å². The summed E-state index contributed by atoms with van der Waals surface area (Å²) in [6.45, 7) is 9.10. The Kier molecular flexibility index (Phi) is 6.42. The molecule has 0 aromatic heterocycles. The monoisotopic (exact) mass is 367 g/mol. The maximum Gasteiger partial charge on any atom is 0.335 e. The molecule has 4 nitrogen and oxygen atoms in total. The molecule has 0 amide bonds. The van der Waals surface area contributed by atoms with Gasteiger partial charge >= 0.3 is 5.97 Å². The number of hydrogen-bond acceptors (Lipinski definition) is 3. The van der Waals surface area contributed by atoms with Crippen LogP contribution in [0.3, 0.4) is 0 Å². The van der Waals surface area contributed by atoms with Crippen molar-refractivity contribution in [3.8, 4) is 0 Å². The van der Waals surface area contributed by atoms with Gasteiger partial charge in [0, 0.05) is 0 Å². The molecule has 0 unspecified atom stereocenters. The van der Waals surface area contributed by atoms with Gasteiger partial charge in [0.05, 0.1) is 5.56 Å². The van der Waals surface area contributed by atoms with E-state index in [9.17, 15) is 10.0 Å². The summed E-state index contributed by atoms with van der Waals surface area (Å²) < 4.78 is 0. The van der Waals surface area contributed by atoms with Crippen molar-refractivity contribution in [2.75, 3.05) is 0 Å². The van der Waals surface area contributed by atoms with Crippen LogP contribution in [0.15, 0.2) is 59.3 Å². The molecule has 2 rings (SSSR count). The second-order valence-corrected chi connectivity index (χ2v) is 8.72. The van der Waals surface area contributed by atoms with Gasteiger partial charge in [0.15, 0.2) is 0 Å². The minimum absolute atomic E-state index is 0.164. The zero-order chi connectivity index (χ0) is 20.1. The number of benzene rings is 1. The van der Waals surface area contributed by atoms with Gasteiger partial charge in [0.1, 0.15) is 5.71 Å². The van der Waals surface area contributed by atoms with Crippen molar-refractivity contribution in [1.82, 2.24) is 0 Å². The number of aromatic carboxylic acids is 1. The van der Waals surface area contributed by atoms with Gasteiger partial charge < -0.3 is 10.3 Å². The van der Waals surface area contributed by atoms with E-state index in [1.165, 1.54) is 0 Å². The van der Waals surface area contributed by atoms with Gasteiger partial charge in [-0.1, -0.05) is 69.3 Å². The fourth-order valence-electron chi connectivity index (χ4n) is 3.69. The quantitative estimate of drug-likeness (QED) is 0.392. The van der Waals surface area contributed by atoms with Crippen molar-refractivity contribution in [2.45, 2.75) is 47.0 Å². The third-order valence-electron chi connectivity index (χ3n) is 4.79. The standard InChI is InChI=1S/C23H29NO3/c1-22(2)14-5-6-18(13-15-23(3,4)16-22)20(24-27)12-9-17-7-10-19(11-8-17)21(25)26/h5-13,27H,14-16H2,1-4H3,(H,25,26)/b6-5-,12-9+,18-13+,24-20-. The molecule has 0 atom stereocenters. The molecule has 0 saturated heterocycles. The summed E-state index contributed by atoms with van der Waals surface area (Å²) in [5.74, 6) is -0.949. The van der Waals surface area contributed by atoms with Crippen molar-refractivity contribution in [2.24, 2.45) is 16.0 Å². The van der Waals surface area contributed by atoms with Crippen LogP contribution in [0, 0.1) is 10.8 Å². The Labute approximate surface area is 161 Å². The van der Waals surface area contributed by atoms with Crippen molar-refractivity contribution >= 4 is 17.8 Å². The molecule has 0 heterocycles. The van der Waals surface area contributed by atoms with E-state index in [2.05, 4.69) is 45.0 Å². The zero-order valence-electron chi connectivity index (χ0n) is 16.6. The van der Waals surface area contributed by atoms with Crippen LogP contribution in [0.25, 0.3) is 6.08 Å². The zero-order valence-corrected chi connectivity index (χ0v) is 16.6. The van der Waals surface area contributed by atoms with Crippen LogP contribution < -0.4 is 0 Å². The molecule has 0 spiro atoms. The summed E-state index contributed by atoms with van der Waals surface area (Å²) in [6.07, 6.45) is 12.8. The van der Waals surface area contributed by atoms with Gasteiger partial charge in [-0.15, -0.1) is 0 Å². The highest BCUT2D eigenvalue weighted by Gasteiger charge is 2.28. The minimum atomic E-state index is -0.949. The van der Waals surface area contributed by atoms with E-state index in [-0.39, 0.29) is 16.4 Å². The summed E-state index contributed by atoms with van der Waals surface area (Å²) in [5.41, 5.74) is 2.86. The summed E-state index contributed by atoms with van der Waals surface area (Å²) >= 11 is 0. The van der Waals surface area contributed by atoms with E-state index in [1.807, 2.05) is 12.2 Å². The highest BCUT2D eigenvalue weighted by Crippen LogP contribution is 2.40. The number of carboxylic acids is 1. The van der Waals surface area contributed by atoms with E-state index < -0.39 is 5.97 Å². The first-order valence-electron chi connectivity index (χ1n) is 9.22. The van der Waals surface area contributed by atoms with Gasteiger partial charge in [-0.3, -0.25) is 0 Å². The SMILES string of the molecule is CC1(C)C\C=C/C(C(/C=C/c2ccc(C(=O)O)cc2)=N\O)=C\CC(C)(C)C1. The van der Waals surface area contributed by atoms with Crippen LogP contribution >= 0.6 is 0 Å². The highest BCUT2D eigenvalue weighted by molar-refractivity contribution is 6.12. The summed E-state index contributed by atoms with van der Waals surface area (Å²) in [6, 6.07) is 6.57. The second-order valence-electron chi connectivity index (χ2n) is 8.72. The average Bonchev–Trinajstić information content (AvgIpc) is 2.63. The number of carboxylic acid groups (broad SMARTS) is 1. The van der Waals surface area contributed by atoms with Gasteiger partial charge in [0.25, 0.3) is 0 Å². The molecule has 1 aromatic carbocycles. The molecule has 2 N–H and O–H groups in total. The lowest BCUT2D eigenvalue weighted by Gasteiger charge is -2.33. The summed E-state index contributed by atoms with van der Waals surface area (Å²) in [5, 5.41) is 22.0.